The summed E-state index contributed by atoms with van der Waals surface area (Å²) in [5.41, 5.74) is 1.64. The van der Waals surface area contributed by atoms with Gasteiger partial charge < -0.3 is 5.32 Å². The summed E-state index contributed by atoms with van der Waals surface area (Å²) in [5, 5.41) is 2.91. The largest absolute Gasteiger partial charge is 0.348 e. The highest BCUT2D eigenvalue weighted by molar-refractivity contribution is 5.76. The molecule has 0 aliphatic heterocycles. The average molecular weight is 301 g/mol. The van der Waals surface area contributed by atoms with E-state index in [0.717, 1.165) is 11.3 Å². The monoisotopic (exact) mass is 301 g/mol. The lowest BCUT2D eigenvalue weighted by atomic mass is 9.97. The number of hydrogen-bond acceptors (Lipinski definition) is 3. The minimum absolute atomic E-state index is 0.0398. The van der Waals surface area contributed by atoms with E-state index in [9.17, 15) is 9.18 Å². The molecule has 2 atom stereocenters. The van der Waals surface area contributed by atoms with Crippen LogP contribution in [0.2, 0.25) is 0 Å². The Morgan fingerprint density at radius 3 is 2.82 bits per heavy atom. The van der Waals surface area contributed by atoms with Crippen molar-refractivity contribution in [2.75, 3.05) is 0 Å². The SMILES string of the molecule is CC(CC(=O)N[C@@H](C)c1cnccn1)Cc1cccc(F)c1. The molecule has 0 fully saturated rings. The van der Waals surface area contributed by atoms with Crippen LogP contribution in [0.5, 0.6) is 0 Å². The molecule has 0 radical (unpaired) electrons. The Morgan fingerprint density at radius 1 is 1.32 bits per heavy atom. The Kier molecular flexibility index (Phi) is 5.58. The number of carbonyl (C=O) groups excluding carboxylic acids is 1. The second-order valence-electron chi connectivity index (χ2n) is 5.56. The summed E-state index contributed by atoms with van der Waals surface area (Å²) in [6, 6.07) is 6.32. The Balaban J connectivity index is 1.84. The van der Waals surface area contributed by atoms with Gasteiger partial charge in [-0.15, -0.1) is 0 Å². The molecule has 1 unspecified atom stereocenters. The number of nitrogens with one attached hydrogen (secondary N) is 1. The van der Waals surface area contributed by atoms with Crippen LogP contribution in [-0.2, 0) is 11.2 Å². The van der Waals surface area contributed by atoms with Gasteiger partial charge in [-0.25, -0.2) is 4.39 Å². The Labute approximate surface area is 129 Å². The molecule has 1 aromatic heterocycles. The molecular weight excluding hydrogens is 281 g/mol. The lowest BCUT2D eigenvalue weighted by Crippen LogP contribution is -2.28. The summed E-state index contributed by atoms with van der Waals surface area (Å²) < 4.78 is 13.1. The van der Waals surface area contributed by atoms with Crippen LogP contribution in [0, 0.1) is 11.7 Å². The van der Waals surface area contributed by atoms with Gasteiger partial charge in [0.1, 0.15) is 5.82 Å². The third kappa shape index (κ3) is 4.91. The van der Waals surface area contributed by atoms with E-state index in [2.05, 4.69) is 15.3 Å². The predicted molar refractivity (Wildman–Crippen MR) is 82.5 cm³/mol. The number of aromatic nitrogens is 2. The van der Waals surface area contributed by atoms with Gasteiger partial charge in [0.2, 0.25) is 5.91 Å². The molecule has 4 nitrogen and oxygen atoms in total. The number of benzene rings is 1. The summed E-state index contributed by atoms with van der Waals surface area (Å²) in [4.78, 5) is 20.2. The van der Waals surface area contributed by atoms with E-state index < -0.39 is 0 Å². The maximum Gasteiger partial charge on any atom is 0.220 e. The Bertz CT molecular complexity index is 618. The minimum atomic E-state index is -0.245. The maximum absolute atomic E-state index is 13.1. The molecule has 22 heavy (non-hydrogen) atoms. The van der Waals surface area contributed by atoms with Gasteiger partial charge in [-0.3, -0.25) is 14.8 Å². The molecule has 1 aromatic carbocycles. The molecule has 1 amide bonds. The fourth-order valence-corrected chi connectivity index (χ4v) is 2.36. The van der Waals surface area contributed by atoms with Crippen molar-refractivity contribution < 1.29 is 9.18 Å². The number of nitrogens with zero attached hydrogens (tertiary/aromatic N) is 2. The molecule has 1 N–H and O–H groups in total. The van der Waals surface area contributed by atoms with Gasteiger partial charge in [-0.1, -0.05) is 19.1 Å². The first-order chi connectivity index (χ1) is 10.5. The van der Waals surface area contributed by atoms with Crippen molar-refractivity contribution in [3.63, 3.8) is 0 Å². The number of amides is 1. The standard InChI is InChI=1S/C17H20FN3O/c1-12(8-14-4-3-5-15(18)10-14)9-17(22)21-13(2)16-11-19-6-7-20-16/h3-7,10-13H,8-9H2,1-2H3,(H,21,22)/t12?,13-/m0/s1. The topological polar surface area (TPSA) is 54.9 Å². The van der Waals surface area contributed by atoms with Crippen molar-refractivity contribution in [3.8, 4) is 0 Å². The van der Waals surface area contributed by atoms with Gasteiger partial charge in [-0.05, 0) is 37.0 Å². The van der Waals surface area contributed by atoms with Crippen LogP contribution in [0.4, 0.5) is 4.39 Å². The second kappa shape index (κ2) is 7.64. The quantitative estimate of drug-likeness (QED) is 0.892. The summed E-state index contributed by atoms with van der Waals surface area (Å²) in [7, 11) is 0. The zero-order valence-corrected chi connectivity index (χ0v) is 12.8. The molecule has 5 heteroatoms. The molecular formula is C17H20FN3O. The molecule has 0 bridgehead atoms. The third-order valence-corrected chi connectivity index (χ3v) is 3.41. The first kappa shape index (κ1) is 16.1. The Hall–Kier alpha value is -2.30. The molecule has 0 aliphatic carbocycles. The molecule has 0 saturated carbocycles. The van der Waals surface area contributed by atoms with E-state index in [1.165, 1.54) is 12.1 Å². The summed E-state index contributed by atoms with van der Waals surface area (Å²) in [6.45, 7) is 3.86. The van der Waals surface area contributed by atoms with Crippen LogP contribution in [0.25, 0.3) is 0 Å². The highest BCUT2D eigenvalue weighted by Gasteiger charge is 2.14. The zero-order valence-electron chi connectivity index (χ0n) is 12.8. The van der Waals surface area contributed by atoms with E-state index in [0.29, 0.717) is 12.8 Å². The van der Waals surface area contributed by atoms with Crippen LogP contribution < -0.4 is 5.32 Å². The molecule has 1 heterocycles. The number of hydrogen-bond donors (Lipinski definition) is 1. The van der Waals surface area contributed by atoms with Crippen LogP contribution in [0.15, 0.2) is 42.9 Å². The van der Waals surface area contributed by atoms with Crippen LogP contribution in [0.1, 0.15) is 37.6 Å². The van der Waals surface area contributed by atoms with Crippen LogP contribution in [0.3, 0.4) is 0 Å². The fourth-order valence-electron chi connectivity index (χ4n) is 2.36. The smallest absolute Gasteiger partial charge is 0.220 e. The van der Waals surface area contributed by atoms with Gasteiger partial charge in [0.25, 0.3) is 0 Å². The van der Waals surface area contributed by atoms with Crippen LogP contribution in [-0.4, -0.2) is 15.9 Å². The lowest BCUT2D eigenvalue weighted by Gasteiger charge is -2.15. The first-order valence-corrected chi connectivity index (χ1v) is 7.34. The molecule has 116 valence electrons. The zero-order chi connectivity index (χ0) is 15.9. The maximum atomic E-state index is 13.1. The number of rotatable bonds is 6. The van der Waals surface area contributed by atoms with Crippen molar-refractivity contribution in [3.05, 3.63) is 59.9 Å². The van der Waals surface area contributed by atoms with Crippen molar-refractivity contribution in [1.82, 2.24) is 15.3 Å². The molecule has 0 spiro atoms. The molecule has 0 aliphatic rings. The van der Waals surface area contributed by atoms with Crippen LogP contribution >= 0.6 is 0 Å². The van der Waals surface area contributed by atoms with Crippen molar-refractivity contribution >= 4 is 5.91 Å². The van der Waals surface area contributed by atoms with E-state index in [1.807, 2.05) is 19.9 Å². The normalized spacial score (nSPS) is 13.4. The van der Waals surface area contributed by atoms with Gasteiger partial charge in [-0.2, -0.15) is 0 Å². The van der Waals surface area contributed by atoms with Gasteiger partial charge in [0, 0.05) is 18.8 Å². The van der Waals surface area contributed by atoms with Crippen molar-refractivity contribution in [2.45, 2.75) is 32.7 Å². The molecule has 2 rings (SSSR count). The van der Waals surface area contributed by atoms with E-state index >= 15 is 0 Å². The van der Waals surface area contributed by atoms with Crippen molar-refractivity contribution in [2.24, 2.45) is 5.92 Å². The van der Waals surface area contributed by atoms with E-state index in [4.69, 9.17) is 0 Å². The first-order valence-electron chi connectivity index (χ1n) is 7.34. The van der Waals surface area contributed by atoms with Gasteiger partial charge in [0.05, 0.1) is 17.9 Å². The summed E-state index contributed by atoms with van der Waals surface area (Å²) >= 11 is 0. The Morgan fingerprint density at radius 2 is 2.14 bits per heavy atom. The van der Waals surface area contributed by atoms with Gasteiger partial charge >= 0.3 is 0 Å². The number of halogens is 1. The summed E-state index contributed by atoms with van der Waals surface area (Å²) in [5.74, 6) is -0.150. The third-order valence-electron chi connectivity index (χ3n) is 3.41. The average Bonchev–Trinajstić information content (AvgIpc) is 2.47. The lowest BCUT2D eigenvalue weighted by molar-refractivity contribution is -0.122. The minimum Gasteiger partial charge on any atom is -0.348 e. The highest BCUT2D eigenvalue weighted by atomic mass is 19.1. The number of carbonyl (C=O) groups is 1. The van der Waals surface area contributed by atoms with Gasteiger partial charge in [0.15, 0.2) is 0 Å². The van der Waals surface area contributed by atoms with Crippen molar-refractivity contribution in [1.29, 1.82) is 0 Å². The van der Waals surface area contributed by atoms with E-state index in [1.54, 1.807) is 24.7 Å². The summed E-state index contributed by atoms with van der Waals surface area (Å²) in [6.07, 6.45) is 5.90. The molecule has 0 saturated heterocycles. The fraction of sp³-hybridized carbons (Fsp3) is 0.353. The van der Waals surface area contributed by atoms with E-state index in [-0.39, 0.29) is 23.7 Å². The highest BCUT2D eigenvalue weighted by Crippen LogP contribution is 2.14. The second-order valence-corrected chi connectivity index (χ2v) is 5.56. The predicted octanol–water partition coefficient (Wildman–Crippen LogP) is 3.06. The molecule has 2 aromatic rings.